The highest BCUT2D eigenvalue weighted by Gasteiger charge is 1.97. The smallest absolute Gasteiger partial charge is 0.0526 e. The number of aliphatic hydroxyl groups excluding tert-OH is 1. The second kappa shape index (κ2) is 2.99. The molecule has 0 rings (SSSR count). The third-order valence-electron chi connectivity index (χ3n) is 0.713. The lowest BCUT2D eigenvalue weighted by Gasteiger charge is -2.05. The Bertz CT molecular complexity index is 37.3. The second-order valence-corrected chi connectivity index (χ2v) is 2.06. The van der Waals surface area contributed by atoms with Crippen molar-refractivity contribution in [3.8, 4) is 0 Å². The van der Waals surface area contributed by atoms with Gasteiger partial charge in [-0.1, -0.05) is 0 Å². The van der Waals surface area contributed by atoms with E-state index >= 15 is 0 Å². The van der Waals surface area contributed by atoms with Crippen LogP contribution in [0.4, 0.5) is 0 Å². The van der Waals surface area contributed by atoms with Crippen LogP contribution in [0.2, 0.25) is 0 Å². The fourth-order valence-corrected chi connectivity index (χ4v) is 0.538. The molecule has 0 radical (unpaired) electrons. The first-order valence-electron chi connectivity index (χ1n) is 2.56. The minimum atomic E-state index is -0.250. The number of rotatable bonds is 2. The van der Waals surface area contributed by atoms with Crippen LogP contribution < -0.4 is 5.73 Å². The molecule has 0 fully saturated rings. The summed E-state index contributed by atoms with van der Waals surface area (Å²) >= 11 is 0. The van der Waals surface area contributed by atoms with E-state index in [9.17, 15) is 0 Å². The van der Waals surface area contributed by atoms with Crippen molar-refractivity contribution in [2.45, 2.75) is 32.4 Å². The monoisotopic (exact) mass is 103 g/mol. The van der Waals surface area contributed by atoms with Gasteiger partial charge in [0.2, 0.25) is 0 Å². The molecule has 2 nitrogen and oxygen atoms in total. The van der Waals surface area contributed by atoms with Crippen LogP contribution in [-0.4, -0.2) is 17.3 Å². The summed E-state index contributed by atoms with van der Waals surface area (Å²) in [5.41, 5.74) is 5.33. The molecule has 0 spiro atoms. The highest BCUT2D eigenvalue weighted by molar-refractivity contribution is 4.56. The van der Waals surface area contributed by atoms with Gasteiger partial charge in [-0.2, -0.15) is 0 Å². The zero-order valence-electron chi connectivity index (χ0n) is 4.89. The van der Waals surface area contributed by atoms with Crippen molar-refractivity contribution in [2.24, 2.45) is 5.73 Å². The Kier molecular flexibility index (Phi) is 2.96. The fourth-order valence-electron chi connectivity index (χ4n) is 0.538. The lowest BCUT2D eigenvalue weighted by molar-refractivity contribution is 0.177. The Morgan fingerprint density at radius 3 is 2.00 bits per heavy atom. The number of nitrogens with two attached hydrogens (primary N) is 1. The molecule has 44 valence electrons. The maximum Gasteiger partial charge on any atom is 0.0526 e. The molecule has 2 atom stereocenters. The molecule has 0 aromatic carbocycles. The van der Waals surface area contributed by atoms with Crippen LogP contribution in [0.3, 0.4) is 0 Å². The van der Waals surface area contributed by atoms with Gasteiger partial charge in [-0.05, 0) is 20.3 Å². The predicted molar refractivity (Wildman–Crippen MR) is 29.9 cm³/mol. The third-order valence-corrected chi connectivity index (χ3v) is 0.713. The Morgan fingerprint density at radius 1 is 1.57 bits per heavy atom. The maximum atomic E-state index is 8.64. The maximum absolute atomic E-state index is 8.64. The van der Waals surface area contributed by atoms with E-state index in [1.807, 2.05) is 6.92 Å². The molecule has 0 amide bonds. The zero-order valence-corrected chi connectivity index (χ0v) is 4.89. The van der Waals surface area contributed by atoms with E-state index in [-0.39, 0.29) is 12.1 Å². The molecule has 0 aliphatic rings. The summed E-state index contributed by atoms with van der Waals surface area (Å²) in [5.74, 6) is 0. The molecule has 0 saturated heterocycles. The van der Waals surface area contributed by atoms with E-state index in [0.29, 0.717) is 6.42 Å². The van der Waals surface area contributed by atoms with E-state index in [1.165, 1.54) is 0 Å². The van der Waals surface area contributed by atoms with Crippen LogP contribution in [0.5, 0.6) is 0 Å². The van der Waals surface area contributed by atoms with Crippen LogP contribution in [0.15, 0.2) is 0 Å². The van der Waals surface area contributed by atoms with Gasteiger partial charge in [-0.25, -0.2) is 0 Å². The molecule has 0 unspecified atom stereocenters. The number of hydrogen-bond acceptors (Lipinski definition) is 2. The second-order valence-electron chi connectivity index (χ2n) is 2.06. The molecule has 0 heterocycles. The normalized spacial score (nSPS) is 18.9. The van der Waals surface area contributed by atoms with Crippen LogP contribution >= 0.6 is 0 Å². The van der Waals surface area contributed by atoms with Crippen molar-refractivity contribution in [3.05, 3.63) is 0 Å². The molecule has 3 N–H and O–H groups in total. The predicted octanol–water partition coefficient (Wildman–Crippen LogP) is 0.104. The Hall–Kier alpha value is -0.0800. The summed E-state index contributed by atoms with van der Waals surface area (Å²) < 4.78 is 0. The molecule has 0 bridgehead atoms. The van der Waals surface area contributed by atoms with Crippen molar-refractivity contribution < 1.29 is 5.11 Å². The van der Waals surface area contributed by atoms with Gasteiger partial charge in [0.05, 0.1) is 6.10 Å². The molecule has 0 aliphatic carbocycles. The minimum Gasteiger partial charge on any atom is -0.393 e. The first-order chi connectivity index (χ1) is 3.13. The van der Waals surface area contributed by atoms with E-state index in [4.69, 9.17) is 10.8 Å². The quantitative estimate of drug-likeness (QED) is 0.521. The van der Waals surface area contributed by atoms with Crippen LogP contribution in [0.25, 0.3) is 0 Å². The van der Waals surface area contributed by atoms with E-state index in [1.54, 1.807) is 6.92 Å². The van der Waals surface area contributed by atoms with Gasteiger partial charge in [0.15, 0.2) is 0 Å². The lowest BCUT2D eigenvalue weighted by Crippen LogP contribution is -2.20. The first-order valence-corrected chi connectivity index (χ1v) is 2.56. The fraction of sp³-hybridized carbons (Fsp3) is 1.00. The van der Waals surface area contributed by atoms with Crippen LogP contribution in [0, 0.1) is 0 Å². The average Bonchev–Trinajstić information content (AvgIpc) is 1.27. The summed E-state index contributed by atoms with van der Waals surface area (Å²) in [6, 6.07) is 0.125. The number of aliphatic hydroxyl groups is 1. The Balaban J connectivity index is 2.95. The minimum absolute atomic E-state index is 0.125. The third kappa shape index (κ3) is 5.92. The summed E-state index contributed by atoms with van der Waals surface area (Å²) in [7, 11) is 0. The zero-order chi connectivity index (χ0) is 5.86. The molecular weight excluding hydrogens is 90.1 g/mol. The topological polar surface area (TPSA) is 46.2 Å². The van der Waals surface area contributed by atoms with Crippen LogP contribution in [0.1, 0.15) is 20.3 Å². The van der Waals surface area contributed by atoms with Crippen molar-refractivity contribution in [1.82, 2.24) is 0 Å². The van der Waals surface area contributed by atoms with Crippen LogP contribution in [-0.2, 0) is 0 Å². The Morgan fingerprint density at radius 2 is 2.00 bits per heavy atom. The summed E-state index contributed by atoms with van der Waals surface area (Å²) in [6.45, 7) is 3.62. The highest BCUT2D eigenvalue weighted by atomic mass is 16.3. The van der Waals surface area contributed by atoms with Gasteiger partial charge < -0.3 is 10.8 Å². The van der Waals surface area contributed by atoms with E-state index in [2.05, 4.69) is 0 Å². The lowest BCUT2D eigenvalue weighted by atomic mass is 10.2. The van der Waals surface area contributed by atoms with Crippen molar-refractivity contribution in [3.63, 3.8) is 0 Å². The molecule has 7 heavy (non-hydrogen) atoms. The molecular formula is C5H13NO. The van der Waals surface area contributed by atoms with Crippen molar-refractivity contribution in [2.75, 3.05) is 0 Å². The first kappa shape index (κ1) is 6.92. The summed E-state index contributed by atoms with van der Waals surface area (Å²) in [6.07, 6.45) is 0.444. The molecule has 0 aromatic rings. The largest absolute Gasteiger partial charge is 0.393 e. The average molecular weight is 103 g/mol. The standard InChI is InChI=1S/C5H13NO/c1-4(6)3-5(2)7/h4-5,7H,3,6H2,1-2H3/t4-,5+/m1/s1. The molecule has 2 heteroatoms. The SMILES string of the molecule is C[C@H](O)C[C@@H](C)N. The summed E-state index contributed by atoms with van der Waals surface area (Å²) in [4.78, 5) is 0. The summed E-state index contributed by atoms with van der Waals surface area (Å²) in [5, 5.41) is 8.64. The van der Waals surface area contributed by atoms with Gasteiger partial charge in [-0.15, -0.1) is 0 Å². The van der Waals surface area contributed by atoms with Gasteiger partial charge >= 0.3 is 0 Å². The van der Waals surface area contributed by atoms with E-state index in [0.717, 1.165) is 0 Å². The molecule has 0 saturated carbocycles. The van der Waals surface area contributed by atoms with Crippen molar-refractivity contribution >= 4 is 0 Å². The highest BCUT2D eigenvalue weighted by Crippen LogP contribution is 1.91. The molecule has 0 aliphatic heterocycles. The molecule has 0 aromatic heterocycles. The van der Waals surface area contributed by atoms with Crippen molar-refractivity contribution in [1.29, 1.82) is 0 Å². The van der Waals surface area contributed by atoms with Gasteiger partial charge in [0.1, 0.15) is 0 Å². The van der Waals surface area contributed by atoms with Gasteiger partial charge in [-0.3, -0.25) is 0 Å². The van der Waals surface area contributed by atoms with E-state index < -0.39 is 0 Å². The van der Waals surface area contributed by atoms with Gasteiger partial charge in [0, 0.05) is 6.04 Å². The Labute approximate surface area is 44.3 Å². The number of hydrogen-bond donors (Lipinski definition) is 2. The van der Waals surface area contributed by atoms with Gasteiger partial charge in [0.25, 0.3) is 0 Å².